The van der Waals surface area contributed by atoms with E-state index >= 15 is 0 Å². The average molecular weight is 161 g/mol. The Morgan fingerprint density at radius 1 is 1.83 bits per heavy atom. The number of hydrogen-bond donors (Lipinski definition) is 1. The SMILES string of the molecule is CCN[C-]=O.[Y]. The molecule has 3 heteroatoms. The van der Waals surface area contributed by atoms with E-state index in [1.807, 2.05) is 6.92 Å². The van der Waals surface area contributed by atoms with Gasteiger partial charge in [0.2, 0.25) is 0 Å². The molecular formula is C3H6NOY-. The molecule has 0 rings (SSSR count). The Morgan fingerprint density at radius 2 is 2.33 bits per heavy atom. The molecule has 0 aliphatic heterocycles. The van der Waals surface area contributed by atoms with Gasteiger partial charge in [-0.25, -0.2) is 0 Å². The average Bonchev–Trinajstić information content (AvgIpc) is 1.41. The minimum Gasteiger partial charge on any atom is -0.530 e. The van der Waals surface area contributed by atoms with Gasteiger partial charge in [-0.3, -0.25) is 0 Å². The minimum absolute atomic E-state index is 0. The molecular weight excluding hydrogens is 155 g/mol. The van der Waals surface area contributed by atoms with Crippen LogP contribution in [0.4, 0.5) is 0 Å². The molecule has 0 spiro atoms. The van der Waals surface area contributed by atoms with E-state index in [4.69, 9.17) is 4.79 Å². The van der Waals surface area contributed by atoms with Crippen molar-refractivity contribution in [2.75, 3.05) is 6.54 Å². The molecule has 0 bridgehead atoms. The zero-order valence-electron chi connectivity index (χ0n) is 3.69. The van der Waals surface area contributed by atoms with Crippen molar-refractivity contribution < 1.29 is 37.5 Å². The summed E-state index contributed by atoms with van der Waals surface area (Å²) in [6.45, 7) is 2.51. The van der Waals surface area contributed by atoms with Crippen molar-refractivity contribution in [1.82, 2.24) is 5.32 Å². The van der Waals surface area contributed by atoms with Gasteiger partial charge in [-0.2, -0.15) is 6.41 Å². The van der Waals surface area contributed by atoms with Crippen molar-refractivity contribution in [3.05, 3.63) is 0 Å². The van der Waals surface area contributed by atoms with Gasteiger partial charge in [0.05, 0.1) is 0 Å². The first-order valence-electron chi connectivity index (χ1n) is 1.51. The van der Waals surface area contributed by atoms with Gasteiger partial charge in [-0.15, -0.1) is 0 Å². The van der Waals surface area contributed by atoms with E-state index in [9.17, 15) is 0 Å². The zero-order chi connectivity index (χ0) is 4.12. The fourth-order valence-electron chi connectivity index (χ4n) is 0.0722. The second-order valence-electron chi connectivity index (χ2n) is 0.632. The van der Waals surface area contributed by atoms with Crippen LogP contribution >= 0.6 is 0 Å². The Hall–Kier alpha value is 0.574. The molecule has 0 unspecified atom stereocenters. The van der Waals surface area contributed by atoms with Gasteiger partial charge < -0.3 is 10.1 Å². The fourth-order valence-corrected chi connectivity index (χ4v) is 0.0722. The second kappa shape index (κ2) is 9.13. The van der Waals surface area contributed by atoms with Crippen molar-refractivity contribution in [3.63, 3.8) is 0 Å². The normalized spacial score (nSPS) is 5.50. The molecule has 0 fully saturated rings. The van der Waals surface area contributed by atoms with Crippen molar-refractivity contribution in [1.29, 1.82) is 0 Å². The molecule has 0 aromatic heterocycles. The third-order valence-electron chi connectivity index (χ3n) is 0.249. The molecule has 1 N–H and O–H groups in total. The van der Waals surface area contributed by atoms with Crippen LogP contribution in [0.25, 0.3) is 0 Å². The van der Waals surface area contributed by atoms with Crippen molar-refractivity contribution in [3.8, 4) is 0 Å². The number of amides is 1. The van der Waals surface area contributed by atoms with Crippen LogP contribution in [-0.2, 0) is 37.5 Å². The first kappa shape index (κ1) is 9.76. The van der Waals surface area contributed by atoms with E-state index in [2.05, 4.69) is 5.32 Å². The van der Waals surface area contributed by atoms with Gasteiger partial charge in [0.15, 0.2) is 0 Å². The van der Waals surface area contributed by atoms with Crippen LogP contribution in [-0.4, -0.2) is 13.0 Å². The van der Waals surface area contributed by atoms with E-state index in [-0.39, 0.29) is 32.7 Å². The summed E-state index contributed by atoms with van der Waals surface area (Å²) in [5.41, 5.74) is 0. The topological polar surface area (TPSA) is 29.1 Å². The minimum atomic E-state index is 0. The molecule has 1 amide bonds. The Kier molecular flexibility index (Phi) is 14.9. The van der Waals surface area contributed by atoms with Crippen LogP contribution in [0, 0.1) is 0 Å². The smallest absolute Gasteiger partial charge is 0 e. The Balaban J connectivity index is 0. The summed E-state index contributed by atoms with van der Waals surface area (Å²) < 4.78 is 0. The number of carbonyl (C=O) groups excluding carboxylic acids is 1. The molecule has 1 radical (unpaired) electrons. The maximum atomic E-state index is 9.17. The van der Waals surface area contributed by atoms with E-state index in [0.717, 1.165) is 0 Å². The largest absolute Gasteiger partial charge is 0.530 e. The Morgan fingerprint density at radius 3 is 2.33 bits per heavy atom. The molecule has 0 aliphatic carbocycles. The monoisotopic (exact) mass is 161 g/mol. The zero-order valence-corrected chi connectivity index (χ0v) is 6.53. The van der Waals surface area contributed by atoms with Crippen LogP contribution in [0.5, 0.6) is 0 Å². The van der Waals surface area contributed by atoms with Gasteiger partial charge in [-0.05, 0) is 6.54 Å². The molecule has 0 aliphatic rings. The third kappa shape index (κ3) is 8.82. The number of hydrogen-bond acceptors (Lipinski definition) is 1. The maximum absolute atomic E-state index is 9.17. The molecule has 0 saturated carbocycles. The van der Waals surface area contributed by atoms with Crippen LogP contribution in [0.15, 0.2) is 0 Å². The van der Waals surface area contributed by atoms with Crippen molar-refractivity contribution in [2.24, 2.45) is 0 Å². The molecule has 0 atom stereocenters. The summed E-state index contributed by atoms with van der Waals surface area (Å²) in [4.78, 5) is 9.17. The second-order valence-corrected chi connectivity index (χ2v) is 0.632. The fraction of sp³-hybridized carbons (Fsp3) is 0.667. The predicted molar refractivity (Wildman–Crippen MR) is 19.4 cm³/mol. The molecule has 0 saturated heterocycles. The van der Waals surface area contributed by atoms with Gasteiger partial charge in [0, 0.05) is 32.7 Å². The number of rotatable bonds is 2. The van der Waals surface area contributed by atoms with Gasteiger partial charge in [-0.1, -0.05) is 6.92 Å². The van der Waals surface area contributed by atoms with Gasteiger partial charge >= 0.3 is 0 Å². The van der Waals surface area contributed by atoms with Crippen molar-refractivity contribution >= 4 is 6.41 Å². The quantitative estimate of drug-likeness (QED) is 0.435. The maximum Gasteiger partial charge on any atom is 0 e. The predicted octanol–water partition coefficient (Wildman–Crippen LogP) is -0.339. The van der Waals surface area contributed by atoms with E-state index < -0.39 is 0 Å². The first-order chi connectivity index (χ1) is 2.41. The molecule has 0 aromatic rings. The summed E-state index contributed by atoms with van der Waals surface area (Å²) in [6, 6.07) is 0. The standard InChI is InChI=1S/C3H6NO.Y/c1-2-4-3-5;/h2H2,1H3,(H,4,5);/q-1;. The summed E-state index contributed by atoms with van der Waals surface area (Å²) in [7, 11) is 0. The van der Waals surface area contributed by atoms with Crippen LogP contribution in [0.2, 0.25) is 0 Å². The summed E-state index contributed by atoms with van der Waals surface area (Å²) in [5, 5.41) is 2.31. The molecule has 0 heterocycles. The summed E-state index contributed by atoms with van der Waals surface area (Å²) >= 11 is 0. The molecule has 33 valence electrons. The van der Waals surface area contributed by atoms with Crippen LogP contribution in [0.1, 0.15) is 6.92 Å². The third-order valence-corrected chi connectivity index (χ3v) is 0.249. The van der Waals surface area contributed by atoms with Crippen LogP contribution in [0.3, 0.4) is 0 Å². The van der Waals surface area contributed by atoms with E-state index in [1.165, 1.54) is 6.41 Å². The van der Waals surface area contributed by atoms with Gasteiger partial charge in [0.25, 0.3) is 0 Å². The van der Waals surface area contributed by atoms with E-state index in [0.29, 0.717) is 6.54 Å². The number of nitrogens with one attached hydrogen (secondary N) is 1. The first-order valence-corrected chi connectivity index (χ1v) is 1.51. The molecule has 0 aromatic carbocycles. The summed E-state index contributed by atoms with van der Waals surface area (Å²) in [5.74, 6) is 0. The molecule has 2 nitrogen and oxygen atoms in total. The Labute approximate surface area is 62.6 Å². The van der Waals surface area contributed by atoms with Crippen LogP contribution < -0.4 is 5.32 Å². The van der Waals surface area contributed by atoms with E-state index in [1.54, 1.807) is 0 Å². The summed E-state index contributed by atoms with van der Waals surface area (Å²) in [6.07, 6.45) is 1.52. The van der Waals surface area contributed by atoms with Crippen molar-refractivity contribution in [2.45, 2.75) is 6.92 Å². The van der Waals surface area contributed by atoms with Gasteiger partial charge in [0.1, 0.15) is 0 Å². The molecule has 6 heavy (non-hydrogen) atoms. The Bertz CT molecular complexity index is 32.0.